The van der Waals surface area contributed by atoms with Gasteiger partial charge < -0.3 is 4.90 Å². The second-order valence-corrected chi connectivity index (χ2v) is 6.60. The highest BCUT2D eigenvalue weighted by atomic mass is 32.1. The zero-order chi connectivity index (χ0) is 17.5. The number of imidazole rings is 1. The van der Waals surface area contributed by atoms with Gasteiger partial charge in [0.2, 0.25) is 5.13 Å². The number of aromatic amines is 1. The van der Waals surface area contributed by atoms with Gasteiger partial charge in [0.1, 0.15) is 12.4 Å². The molecule has 6 nitrogen and oxygen atoms in total. The van der Waals surface area contributed by atoms with Crippen molar-refractivity contribution in [3.8, 4) is 0 Å². The average molecular weight is 355 g/mol. The van der Waals surface area contributed by atoms with Crippen LogP contribution in [0.4, 0.5) is 16.5 Å². The Morgan fingerprint density at radius 3 is 2.72 bits per heavy atom. The molecule has 25 heavy (non-hydrogen) atoms. The first-order valence-electron chi connectivity index (χ1n) is 8.44. The first kappa shape index (κ1) is 17.3. The summed E-state index contributed by atoms with van der Waals surface area (Å²) in [5, 5.41) is 10.9. The lowest BCUT2D eigenvalue weighted by molar-refractivity contribution is -0.677. The highest BCUT2D eigenvalue weighted by molar-refractivity contribution is 7.13. The number of rotatable bonds is 8. The number of anilines is 1. The maximum Gasteiger partial charge on any atom is 0.254 e. The van der Waals surface area contributed by atoms with E-state index in [9.17, 15) is 0 Å². The van der Waals surface area contributed by atoms with Crippen LogP contribution >= 0.6 is 11.3 Å². The number of thiazole rings is 1. The van der Waals surface area contributed by atoms with Gasteiger partial charge >= 0.3 is 0 Å². The van der Waals surface area contributed by atoms with E-state index < -0.39 is 0 Å². The van der Waals surface area contributed by atoms with Crippen molar-refractivity contribution in [1.29, 1.82) is 0 Å². The average Bonchev–Trinajstić information content (AvgIpc) is 3.30. The van der Waals surface area contributed by atoms with E-state index in [1.165, 1.54) is 22.8 Å². The Hall–Kier alpha value is -2.54. The smallest absolute Gasteiger partial charge is 0.254 e. The molecule has 0 bridgehead atoms. The summed E-state index contributed by atoms with van der Waals surface area (Å²) in [6.07, 6.45) is 7.90. The number of aryl methyl sites for hydroxylation is 2. The molecule has 0 aliphatic heterocycles. The SMILES string of the molecule is CCN(CCCc1[nH]cc[n+]1C)c1ccc(N=Nc2nccs2)cc1. The molecule has 1 N–H and O–H groups in total. The first-order valence-corrected chi connectivity index (χ1v) is 9.32. The Morgan fingerprint density at radius 1 is 1.24 bits per heavy atom. The molecule has 3 aromatic rings. The third-order valence-electron chi connectivity index (χ3n) is 4.08. The van der Waals surface area contributed by atoms with Crippen LogP contribution in [0.5, 0.6) is 0 Å². The molecule has 3 rings (SSSR count). The Labute approximate surface area is 151 Å². The Kier molecular flexibility index (Phi) is 5.90. The molecule has 0 aliphatic rings. The highest BCUT2D eigenvalue weighted by Crippen LogP contribution is 2.23. The molecule has 0 aliphatic carbocycles. The van der Waals surface area contributed by atoms with Crippen LogP contribution in [0, 0.1) is 0 Å². The molecular formula is C18H23N6S+. The van der Waals surface area contributed by atoms with Crippen LogP contribution in [0.1, 0.15) is 19.2 Å². The maximum absolute atomic E-state index is 4.23. The molecule has 7 heteroatoms. The molecule has 0 fully saturated rings. The second-order valence-electron chi connectivity index (χ2n) is 5.73. The van der Waals surface area contributed by atoms with Gasteiger partial charge in [0, 0.05) is 30.4 Å². The number of azo groups is 1. The van der Waals surface area contributed by atoms with E-state index in [4.69, 9.17) is 0 Å². The monoisotopic (exact) mass is 355 g/mol. The summed E-state index contributed by atoms with van der Waals surface area (Å²) in [4.78, 5) is 9.76. The minimum atomic E-state index is 0.678. The van der Waals surface area contributed by atoms with E-state index >= 15 is 0 Å². The van der Waals surface area contributed by atoms with Gasteiger partial charge in [-0.25, -0.2) is 14.5 Å². The predicted molar refractivity (Wildman–Crippen MR) is 101 cm³/mol. The molecule has 1 aromatic carbocycles. The molecule has 130 valence electrons. The second kappa shape index (κ2) is 8.53. The molecule has 0 amide bonds. The van der Waals surface area contributed by atoms with Crippen LogP contribution in [0.15, 0.2) is 58.5 Å². The Balaban J connectivity index is 1.56. The van der Waals surface area contributed by atoms with Crippen LogP contribution in [-0.2, 0) is 13.5 Å². The quantitative estimate of drug-likeness (QED) is 0.487. The van der Waals surface area contributed by atoms with Crippen molar-refractivity contribution in [3.05, 3.63) is 54.1 Å². The van der Waals surface area contributed by atoms with E-state index in [0.717, 1.165) is 31.6 Å². The standard InChI is InChI=1S/C18H22N6S/c1-3-24(12-4-5-17-19-10-13-23(17)2)16-8-6-15(7-9-16)21-22-18-20-11-14-25-18/h6-11,13-14H,3-5,12H2,1-2H3/p+1. The molecule has 2 heterocycles. The van der Waals surface area contributed by atoms with Gasteiger partial charge in [0.25, 0.3) is 5.82 Å². The van der Waals surface area contributed by atoms with Crippen LogP contribution < -0.4 is 9.47 Å². The fraction of sp³-hybridized carbons (Fsp3) is 0.333. The number of hydrogen-bond acceptors (Lipinski definition) is 5. The number of nitrogens with one attached hydrogen (secondary N) is 1. The van der Waals surface area contributed by atoms with Gasteiger partial charge in [0.05, 0.1) is 19.2 Å². The van der Waals surface area contributed by atoms with E-state index in [0.29, 0.717) is 5.13 Å². The number of benzene rings is 1. The maximum atomic E-state index is 4.23. The molecule has 2 aromatic heterocycles. The lowest BCUT2D eigenvalue weighted by Crippen LogP contribution is -2.31. The summed E-state index contributed by atoms with van der Waals surface area (Å²) in [5.41, 5.74) is 2.06. The predicted octanol–water partition coefficient (Wildman–Crippen LogP) is 4.17. The molecular weight excluding hydrogens is 332 g/mol. The zero-order valence-electron chi connectivity index (χ0n) is 14.6. The molecule has 0 unspecified atom stereocenters. The third-order valence-corrected chi connectivity index (χ3v) is 4.74. The van der Waals surface area contributed by atoms with Crippen molar-refractivity contribution in [3.63, 3.8) is 0 Å². The number of hydrogen-bond donors (Lipinski definition) is 1. The largest absolute Gasteiger partial charge is 0.372 e. The lowest BCUT2D eigenvalue weighted by Gasteiger charge is -2.22. The number of nitrogens with zero attached hydrogens (tertiary/aromatic N) is 5. The normalized spacial score (nSPS) is 11.3. The molecule has 0 spiro atoms. The Bertz CT molecular complexity index is 791. The van der Waals surface area contributed by atoms with Crippen LogP contribution in [0.2, 0.25) is 0 Å². The third kappa shape index (κ3) is 4.73. The van der Waals surface area contributed by atoms with Crippen molar-refractivity contribution in [2.75, 3.05) is 18.0 Å². The zero-order valence-corrected chi connectivity index (χ0v) is 15.4. The molecule has 0 radical (unpaired) electrons. The molecule has 0 atom stereocenters. The van der Waals surface area contributed by atoms with Crippen molar-refractivity contribution in [1.82, 2.24) is 9.97 Å². The lowest BCUT2D eigenvalue weighted by atomic mass is 10.2. The van der Waals surface area contributed by atoms with Gasteiger partial charge in [-0.2, -0.15) is 0 Å². The number of aromatic nitrogens is 3. The summed E-state index contributed by atoms with van der Waals surface area (Å²) >= 11 is 1.48. The Morgan fingerprint density at radius 2 is 2.08 bits per heavy atom. The van der Waals surface area contributed by atoms with Gasteiger partial charge in [-0.05, 0) is 37.6 Å². The number of H-pyrrole nitrogens is 1. The summed E-state index contributed by atoms with van der Waals surface area (Å²) in [6.45, 7) is 4.19. The summed E-state index contributed by atoms with van der Waals surface area (Å²) in [7, 11) is 2.07. The van der Waals surface area contributed by atoms with E-state index in [1.807, 2.05) is 29.9 Å². The highest BCUT2D eigenvalue weighted by Gasteiger charge is 2.09. The summed E-state index contributed by atoms with van der Waals surface area (Å²) in [6, 6.07) is 8.21. The summed E-state index contributed by atoms with van der Waals surface area (Å²) < 4.78 is 2.14. The van der Waals surface area contributed by atoms with Crippen LogP contribution in [0.3, 0.4) is 0 Å². The van der Waals surface area contributed by atoms with Gasteiger partial charge in [0.15, 0.2) is 0 Å². The molecule has 0 saturated heterocycles. The van der Waals surface area contributed by atoms with Crippen molar-refractivity contribution >= 4 is 27.8 Å². The summed E-state index contributed by atoms with van der Waals surface area (Å²) in [5.74, 6) is 1.26. The van der Waals surface area contributed by atoms with Gasteiger partial charge in [-0.15, -0.1) is 21.6 Å². The minimum absolute atomic E-state index is 0.678. The van der Waals surface area contributed by atoms with Crippen molar-refractivity contribution in [2.45, 2.75) is 19.8 Å². The van der Waals surface area contributed by atoms with Crippen LogP contribution in [-0.4, -0.2) is 23.1 Å². The van der Waals surface area contributed by atoms with Gasteiger partial charge in [-0.3, -0.25) is 0 Å². The van der Waals surface area contributed by atoms with Crippen molar-refractivity contribution < 1.29 is 4.57 Å². The fourth-order valence-corrected chi connectivity index (χ4v) is 3.14. The van der Waals surface area contributed by atoms with Crippen molar-refractivity contribution in [2.24, 2.45) is 17.3 Å². The molecule has 0 saturated carbocycles. The van der Waals surface area contributed by atoms with E-state index in [-0.39, 0.29) is 0 Å². The fourth-order valence-electron chi connectivity index (χ4n) is 2.69. The van der Waals surface area contributed by atoms with E-state index in [2.05, 4.69) is 55.8 Å². The van der Waals surface area contributed by atoms with Gasteiger partial charge in [-0.1, -0.05) is 0 Å². The van der Waals surface area contributed by atoms with E-state index in [1.54, 1.807) is 6.20 Å². The topological polar surface area (TPSA) is 60.5 Å². The van der Waals surface area contributed by atoms with Crippen LogP contribution in [0.25, 0.3) is 0 Å². The first-order chi connectivity index (χ1) is 12.3. The minimum Gasteiger partial charge on any atom is -0.372 e.